The molecule has 0 spiro atoms. The van der Waals surface area contributed by atoms with Gasteiger partial charge in [-0.05, 0) is 12.1 Å². The molecule has 0 unspecified atom stereocenters. The van der Waals surface area contributed by atoms with E-state index in [9.17, 15) is 13.2 Å². The molecule has 0 aliphatic carbocycles. The van der Waals surface area contributed by atoms with Crippen molar-refractivity contribution in [1.82, 2.24) is 15.2 Å². The predicted octanol–water partition coefficient (Wildman–Crippen LogP) is 1.95. The zero-order chi connectivity index (χ0) is 12.5. The molecule has 1 aromatic carbocycles. The van der Waals surface area contributed by atoms with E-state index in [2.05, 4.69) is 19.9 Å². The fourth-order valence-corrected chi connectivity index (χ4v) is 1.27. The average Bonchev–Trinajstić information content (AvgIpc) is 2.63. The van der Waals surface area contributed by atoms with Gasteiger partial charge in [0.15, 0.2) is 5.82 Å². The number of alkyl halides is 3. The maximum absolute atomic E-state index is 12.1. The second-order valence-corrected chi connectivity index (χ2v) is 3.09. The maximum atomic E-state index is 12.1. The summed E-state index contributed by atoms with van der Waals surface area (Å²) in [6.07, 6.45) is -4.76. The van der Waals surface area contributed by atoms with Crippen molar-refractivity contribution >= 4 is 5.95 Å². The number of nitrogens with two attached hydrogens (primary N) is 1. The molecule has 0 amide bonds. The summed E-state index contributed by atoms with van der Waals surface area (Å²) < 4.78 is 40.3. The molecule has 90 valence electrons. The van der Waals surface area contributed by atoms with Crippen LogP contribution in [0.1, 0.15) is 0 Å². The Labute approximate surface area is 93.4 Å². The highest BCUT2D eigenvalue weighted by Gasteiger charge is 2.32. The molecular weight excluding hydrogens is 237 g/mol. The summed E-state index contributed by atoms with van der Waals surface area (Å²) in [4.78, 5) is 3.74. The molecule has 3 N–H and O–H groups in total. The van der Waals surface area contributed by atoms with Crippen LogP contribution >= 0.6 is 0 Å². The van der Waals surface area contributed by atoms with E-state index in [0.717, 1.165) is 0 Å². The van der Waals surface area contributed by atoms with Crippen molar-refractivity contribution in [3.05, 3.63) is 24.3 Å². The van der Waals surface area contributed by atoms with Gasteiger partial charge in [0.25, 0.3) is 0 Å². The monoisotopic (exact) mass is 244 g/mol. The first-order valence-corrected chi connectivity index (χ1v) is 4.49. The fraction of sp³-hybridized carbons (Fsp3) is 0.111. The Hall–Kier alpha value is -2.25. The van der Waals surface area contributed by atoms with Crippen LogP contribution in [0.15, 0.2) is 24.3 Å². The number of aromatic amines is 1. The van der Waals surface area contributed by atoms with Gasteiger partial charge in [0.05, 0.1) is 5.56 Å². The molecule has 5 nitrogen and oxygen atoms in total. The van der Waals surface area contributed by atoms with Gasteiger partial charge in [0.1, 0.15) is 5.75 Å². The van der Waals surface area contributed by atoms with E-state index in [1.165, 1.54) is 18.2 Å². The second-order valence-electron chi connectivity index (χ2n) is 3.09. The Morgan fingerprint density at radius 3 is 2.53 bits per heavy atom. The number of benzene rings is 1. The maximum Gasteiger partial charge on any atom is 0.573 e. The van der Waals surface area contributed by atoms with Crippen molar-refractivity contribution in [3.63, 3.8) is 0 Å². The Kier molecular flexibility index (Phi) is 2.62. The number of hydrogen-bond acceptors (Lipinski definition) is 4. The smallest absolute Gasteiger partial charge is 0.405 e. The van der Waals surface area contributed by atoms with Crippen LogP contribution in [0.5, 0.6) is 5.75 Å². The van der Waals surface area contributed by atoms with Crippen LogP contribution in [0.25, 0.3) is 11.4 Å². The van der Waals surface area contributed by atoms with E-state index in [-0.39, 0.29) is 23.1 Å². The summed E-state index contributed by atoms with van der Waals surface area (Å²) in [6, 6.07) is 5.57. The Balaban J connectivity index is 2.41. The number of H-pyrrole nitrogens is 1. The Morgan fingerprint density at radius 2 is 1.94 bits per heavy atom. The van der Waals surface area contributed by atoms with E-state index in [4.69, 9.17) is 5.73 Å². The minimum absolute atomic E-state index is 0.0539. The predicted molar refractivity (Wildman–Crippen MR) is 52.9 cm³/mol. The first-order chi connectivity index (χ1) is 7.96. The van der Waals surface area contributed by atoms with Crippen LogP contribution in [-0.2, 0) is 0 Å². The molecule has 0 saturated heterocycles. The van der Waals surface area contributed by atoms with E-state index >= 15 is 0 Å². The van der Waals surface area contributed by atoms with Crippen molar-refractivity contribution < 1.29 is 17.9 Å². The zero-order valence-electron chi connectivity index (χ0n) is 8.32. The normalized spacial score (nSPS) is 11.5. The fourth-order valence-electron chi connectivity index (χ4n) is 1.27. The van der Waals surface area contributed by atoms with E-state index in [1.807, 2.05) is 0 Å². The topological polar surface area (TPSA) is 76.8 Å². The lowest BCUT2D eigenvalue weighted by atomic mass is 10.2. The molecule has 0 aliphatic heterocycles. The number of rotatable bonds is 2. The SMILES string of the molecule is Nc1n[nH]c(-c2ccccc2OC(F)(F)F)n1. The molecule has 17 heavy (non-hydrogen) atoms. The van der Waals surface area contributed by atoms with E-state index in [0.29, 0.717) is 0 Å². The molecule has 0 bridgehead atoms. The molecule has 2 rings (SSSR count). The number of nitrogen functional groups attached to an aromatic ring is 1. The highest BCUT2D eigenvalue weighted by Crippen LogP contribution is 2.31. The summed E-state index contributed by atoms with van der Waals surface area (Å²) in [5.41, 5.74) is 5.41. The molecule has 0 fully saturated rings. The molecule has 0 saturated carbocycles. The molecule has 8 heteroatoms. The van der Waals surface area contributed by atoms with Crippen LogP contribution in [0.3, 0.4) is 0 Å². The van der Waals surface area contributed by atoms with E-state index < -0.39 is 6.36 Å². The van der Waals surface area contributed by atoms with Gasteiger partial charge in [-0.25, -0.2) is 0 Å². The molecule has 2 aromatic rings. The zero-order valence-corrected chi connectivity index (χ0v) is 8.32. The average molecular weight is 244 g/mol. The van der Waals surface area contributed by atoms with Gasteiger partial charge < -0.3 is 10.5 Å². The lowest BCUT2D eigenvalue weighted by Gasteiger charge is -2.11. The summed E-state index contributed by atoms with van der Waals surface area (Å²) in [7, 11) is 0. The lowest BCUT2D eigenvalue weighted by Crippen LogP contribution is -2.17. The number of nitrogens with one attached hydrogen (secondary N) is 1. The molecular formula is C9H7F3N4O. The second kappa shape index (κ2) is 3.96. The summed E-state index contributed by atoms with van der Waals surface area (Å²) in [6.45, 7) is 0. The third-order valence-corrected chi connectivity index (χ3v) is 1.87. The van der Waals surface area contributed by atoms with Crippen molar-refractivity contribution in [3.8, 4) is 17.1 Å². The van der Waals surface area contributed by atoms with Crippen LogP contribution < -0.4 is 10.5 Å². The summed E-state index contributed by atoms with van der Waals surface area (Å²) in [5, 5.41) is 5.95. The van der Waals surface area contributed by atoms with Crippen molar-refractivity contribution in [2.45, 2.75) is 6.36 Å². The minimum atomic E-state index is -4.76. The van der Waals surface area contributed by atoms with Gasteiger partial charge in [0, 0.05) is 0 Å². The lowest BCUT2D eigenvalue weighted by molar-refractivity contribution is -0.274. The third-order valence-electron chi connectivity index (χ3n) is 1.87. The number of anilines is 1. The number of aromatic nitrogens is 3. The molecule has 0 atom stereocenters. The summed E-state index contributed by atoms with van der Waals surface area (Å²) in [5.74, 6) is -0.305. The van der Waals surface area contributed by atoms with Crippen molar-refractivity contribution in [2.75, 3.05) is 5.73 Å². The number of hydrogen-bond donors (Lipinski definition) is 2. The highest BCUT2D eigenvalue weighted by atomic mass is 19.4. The standard InChI is InChI=1S/C9H7F3N4O/c10-9(11,12)17-6-4-2-1-3-5(6)7-14-8(13)16-15-7/h1-4H,(H3,13,14,15,16). The van der Waals surface area contributed by atoms with Gasteiger partial charge in [-0.15, -0.1) is 18.3 Å². The largest absolute Gasteiger partial charge is 0.573 e. The molecule has 0 radical (unpaired) electrons. The highest BCUT2D eigenvalue weighted by molar-refractivity contribution is 5.64. The Morgan fingerprint density at radius 1 is 1.24 bits per heavy atom. The number of ether oxygens (including phenoxy) is 1. The first-order valence-electron chi connectivity index (χ1n) is 4.49. The number of para-hydroxylation sites is 1. The van der Waals surface area contributed by atoms with Crippen LogP contribution in [0.4, 0.5) is 19.1 Å². The number of nitrogens with zero attached hydrogens (tertiary/aromatic N) is 2. The molecule has 0 aliphatic rings. The Bertz CT molecular complexity index is 523. The quantitative estimate of drug-likeness (QED) is 0.846. The summed E-state index contributed by atoms with van der Waals surface area (Å²) >= 11 is 0. The van der Waals surface area contributed by atoms with Gasteiger partial charge in [-0.3, -0.25) is 5.10 Å². The molecule has 1 heterocycles. The number of halogens is 3. The third kappa shape index (κ3) is 2.65. The van der Waals surface area contributed by atoms with Crippen LogP contribution in [0.2, 0.25) is 0 Å². The van der Waals surface area contributed by atoms with Crippen molar-refractivity contribution in [1.29, 1.82) is 0 Å². The van der Waals surface area contributed by atoms with Gasteiger partial charge in [-0.1, -0.05) is 12.1 Å². The van der Waals surface area contributed by atoms with E-state index in [1.54, 1.807) is 6.07 Å². The first kappa shape index (κ1) is 11.2. The van der Waals surface area contributed by atoms with Crippen LogP contribution in [0, 0.1) is 0 Å². The van der Waals surface area contributed by atoms with Gasteiger partial charge in [-0.2, -0.15) is 4.98 Å². The van der Waals surface area contributed by atoms with Crippen molar-refractivity contribution in [2.24, 2.45) is 0 Å². The minimum Gasteiger partial charge on any atom is -0.405 e. The van der Waals surface area contributed by atoms with Crippen LogP contribution in [-0.4, -0.2) is 21.5 Å². The van der Waals surface area contributed by atoms with Gasteiger partial charge in [0.2, 0.25) is 5.95 Å². The molecule has 1 aromatic heterocycles. The van der Waals surface area contributed by atoms with Gasteiger partial charge >= 0.3 is 6.36 Å².